The first-order valence-corrected chi connectivity index (χ1v) is 10.5. The average Bonchev–Trinajstić information content (AvgIpc) is 2.60. The Balaban J connectivity index is 2.10. The number of pyridine rings is 1. The van der Waals surface area contributed by atoms with Crippen molar-refractivity contribution in [1.82, 2.24) is 9.29 Å². The molecule has 3 rings (SSSR count). The lowest BCUT2D eigenvalue weighted by Gasteiger charge is -2.35. The third kappa shape index (κ3) is 3.40. The van der Waals surface area contributed by atoms with E-state index in [1.54, 1.807) is 19.9 Å². The number of carboxylic acid groups (broad SMARTS) is 1. The molecule has 0 fully saturated rings. The van der Waals surface area contributed by atoms with E-state index in [0.29, 0.717) is 17.5 Å². The Morgan fingerprint density at radius 1 is 1.36 bits per heavy atom. The summed E-state index contributed by atoms with van der Waals surface area (Å²) in [6, 6.07) is 2.90. The number of carbonyl (C=O) groups is 1. The van der Waals surface area contributed by atoms with Gasteiger partial charge < -0.3 is 5.11 Å². The van der Waals surface area contributed by atoms with Crippen LogP contribution in [0, 0.1) is 19.7 Å². The number of aryl methyl sites for hydroxylation is 1. The van der Waals surface area contributed by atoms with Crippen molar-refractivity contribution in [2.45, 2.75) is 44.0 Å². The number of halogens is 2. The molecule has 0 radical (unpaired) electrons. The lowest BCUT2D eigenvalue weighted by Crippen LogP contribution is -2.50. The van der Waals surface area contributed by atoms with Gasteiger partial charge in [0.2, 0.25) is 10.0 Å². The molecule has 1 aliphatic rings. The van der Waals surface area contributed by atoms with Gasteiger partial charge in [-0.2, -0.15) is 4.31 Å². The Labute approximate surface area is 168 Å². The van der Waals surface area contributed by atoms with Gasteiger partial charge in [-0.15, -0.1) is 0 Å². The van der Waals surface area contributed by atoms with Crippen molar-refractivity contribution >= 4 is 27.6 Å². The molecule has 1 N–H and O–H groups in total. The monoisotopic (exact) mass is 426 g/mol. The predicted molar refractivity (Wildman–Crippen MR) is 103 cm³/mol. The largest absolute Gasteiger partial charge is 0.480 e. The smallest absolute Gasteiger partial charge is 0.322 e. The zero-order valence-electron chi connectivity index (χ0n) is 15.6. The highest BCUT2D eigenvalue weighted by Gasteiger charge is 2.43. The summed E-state index contributed by atoms with van der Waals surface area (Å²) < 4.78 is 41.7. The van der Waals surface area contributed by atoms with E-state index in [2.05, 4.69) is 4.98 Å². The van der Waals surface area contributed by atoms with E-state index in [9.17, 15) is 22.7 Å². The number of hydrogen-bond acceptors (Lipinski definition) is 4. The van der Waals surface area contributed by atoms with Crippen LogP contribution in [-0.2, 0) is 21.2 Å². The molecule has 6 nitrogen and oxygen atoms in total. The molecule has 0 amide bonds. The molecule has 1 aromatic heterocycles. The van der Waals surface area contributed by atoms with E-state index < -0.39 is 33.8 Å². The second-order valence-electron chi connectivity index (χ2n) is 6.96. The molecule has 28 heavy (non-hydrogen) atoms. The van der Waals surface area contributed by atoms with Crippen molar-refractivity contribution in [3.05, 3.63) is 57.6 Å². The highest BCUT2D eigenvalue weighted by atomic mass is 35.5. The van der Waals surface area contributed by atoms with Crippen molar-refractivity contribution in [1.29, 1.82) is 0 Å². The number of aliphatic carboxylic acids is 1. The summed E-state index contributed by atoms with van der Waals surface area (Å²) in [6.07, 6.45) is 1.43. The third-order valence-electron chi connectivity index (χ3n) is 5.33. The molecule has 1 unspecified atom stereocenters. The first-order valence-electron chi connectivity index (χ1n) is 8.70. The standard InChI is InChI=1S/C19H20ClFN2O4S/c1-10-4-5-14(21)17(11(10)2)12(3)18(19(24)25)23-7-6-13-8-16(20)22-9-15(13)28(23,26)27/h4-5,8-9,12,18H,6-7H2,1-3H3,(H,24,25)/t12?,18-/m0/s1. The van der Waals surface area contributed by atoms with Crippen molar-refractivity contribution in [2.24, 2.45) is 0 Å². The third-order valence-corrected chi connectivity index (χ3v) is 7.49. The maximum absolute atomic E-state index is 14.6. The zero-order valence-corrected chi connectivity index (χ0v) is 17.2. The molecular weight excluding hydrogens is 407 g/mol. The number of carboxylic acids is 1. The van der Waals surface area contributed by atoms with Gasteiger partial charge in [-0.3, -0.25) is 4.79 Å². The van der Waals surface area contributed by atoms with Gasteiger partial charge >= 0.3 is 5.97 Å². The van der Waals surface area contributed by atoms with Crippen LogP contribution in [-0.4, -0.2) is 41.4 Å². The van der Waals surface area contributed by atoms with Crippen molar-refractivity contribution in [2.75, 3.05) is 6.54 Å². The summed E-state index contributed by atoms with van der Waals surface area (Å²) in [7, 11) is -4.12. The minimum absolute atomic E-state index is 0.0382. The highest BCUT2D eigenvalue weighted by molar-refractivity contribution is 7.89. The molecule has 9 heteroatoms. The number of fused-ring (bicyclic) bond motifs is 1. The van der Waals surface area contributed by atoms with Crippen LogP contribution in [0.5, 0.6) is 0 Å². The Kier molecular flexibility index (Phi) is 5.49. The van der Waals surface area contributed by atoms with E-state index in [1.165, 1.54) is 19.1 Å². The lowest BCUT2D eigenvalue weighted by atomic mass is 9.87. The van der Waals surface area contributed by atoms with Gasteiger partial charge in [0.1, 0.15) is 21.9 Å². The molecule has 2 aromatic rings. The molecule has 0 saturated heterocycles. The van der Waals surface area contributed by atoms with Crippen LogP contribution >= 0.6 is 11.6 Å². The van der Waals surface area contributed by atoms with E-state index in [1.807, 2.05) is 0 Å². The van der Waals surface area contributed by atoms with Crippen LogP contribution in [0.15, 0.2) is 29.3 Å². The molecule has 1 aliphatic heterocycles. The fraction of sp³-hybridized carbons (Fsp3) is 0.368. The topological polar surface area (TPSA) is 87.6 Å². The molecule has 0 bridgehead atoms. The lowest BCUT2D eigenvalue weighted by molar-refractivity contribution is -0.142. The Morgan fingerprint density at radius 3 is 2.68 bits per heavy atom. The Hall–Kier alpha value is -2.03. The highest BCUT2D eigenvalue weighted by Crippen LogP contribution is 2.35. The van der Waals surface area contributed by atoms with Gasteiger partial charge in [-0.1, -0.05) is 24.6 Å². The van der Waals surface area contributed by atoms with Gasteiger partial charge in [0, 0.05) is 18.7 Å². The maximum Gasteiger partial charge on any atom is 0.322 e. The summed E-state index contributed by atoms with van der Waals surface area (Å²) in [5, 5.41) is 10.0. The first-order chi connectivity index (χ1) is 13.1. The van der Waals surface area contributed by atoms with Crippen LogP contribution in [0.1, 0.15) is 35.1 Å². The number of benzene rings is 1. The molecular formula is C19H20ClFN2O4S. The summed E-state index contributed by atoms with van der Waals surface area (Å²) in [4.78, 5) is 15.9. The molecule has 150 valence electrons. The fourth-order valence-corrected chi connectivity index (χ4v) is 5.77. The summed E-state index contributed by atoms with van der Waals surface area (Å²) in [5.41, 5.74) is 2.12. The second kappa shape index (κ2) is 7.42. The van der Waals surface area contributed by atoms with E-state index in [4.69, 9.17) is 11.6 Å². The number of nitrogens with zero attached hydrogens (tertiary/aromatic N) is 2. The quantitative estimate of drug-likeness (QED) is 0.758. The van der Waals surface area contributed by atoms with E-state index >= 15 is 0 Å². The Morgan fingerprint density at radius 2 is 2.04 bits per heavy atom. The number of hydrogen-bond donors (Lipinski definition) is 1. The predicted octanol–water partition coefficient (Wildman–Crippen LogP) is 3.29. The number of sulfonamides is 1. The Bertz CT molecular complexity index is 1060. The van der Waals surface area contributed by atoms with Gasteiger partial charge in [0.15, 0.2) is 0 Å². The number of aromatic nitrogens is 1. The normalized spacial score (nSPS) is 18.3. The van der Waals surface area contributed by atoms with Crippen LogP contribution in [0.2, 0.25) is 5.15 Å². The van der Waals surface area contributed by atoms with Crippen molar-refractivity contribution in [3.8, 4) is 0 Å². The molecule has 0 spiro atoms. The number of rotatable bonds is 4. The molecule has 2 heterocycles. The minimum Gasteiger partial charge on any atom is -0.480 e. The fourth-order valence-electron chi connectivity index (χ4n) is 3.76. The maximum atomic E-state index is 14.6. The van der Waals surface area contributed by atoms with Crippen LogP contribution in [0.3, 0.4) is 0 Å². The summed E-state index contributed by atoms with van der Waals surface area (Å²) in [5.74, 6) is -2.78. The zero-order chi connectivity index (χ0) is 20.8. The van der Waals surface area contributed by atoms with Crippen LogP contribution in [0.25, 0.3) is 0 Å². The van der Waals surface area contributed by atoms with Crippen LogP contribution < -0.4 is 0 Å². The van der Waals surface area contributed by atoms with Gasteiger partial charge in [-0.25, -0.2) is 17.8 Å². The van der Waals surface area contributed by atoms with Gasteiger partial charge in [-0.05, 0) is 54.7 Å². The molecule has 0 aliphatic carbocycles. The van der Waals surface area contributed by atoms with Crippen molar-refractivity contribution < 1.29 is 22.7 Å². The van der Waals surface area contributed by atoms with E-state index in [0.717, 1.165) is 16.1 Å². The molecule has 2 atom stereocenters. The first kappa shape index (κ1) is 20.7. The minimum atomic E-state index is -4.12. The molecule has 1 aromatic carbocycles. The second-order valence-corrected chi connectivity index (χ2v) is 9.20. The SMILES string of the molecule is Cc1ccc(F)c(C(C)[C@@H](C(=O)O)N2CCc3cc(Cl)ncc3S2(=O)=O)c1C. The van der Waals surface area contributed by atoms with Gasteiger partial charge in [0.05, 0.1) is 0 Å². The van der Waals surface area contributed by atoms with E-state index in [-0.39, 0.29) is 22.2 Å². The molecule has 0 saturated carbocycles. The summed E-state index contributed by atoms with van der Waals surface area (Å²) >= 11 is 5.84. The van der Waals surface area contributed by atoms with Gasteiger partial charge in [0.25, 0.3) is 0 Å². The van der Waals surface area contributed by atoms with Crippen molar-refractivity contribution in [3.63, 3.8) is 0 Å². The van der Waals surface area contributed by atoms with Crippen LogP contribution in [0.4, 0.5) is 4.39 Å². The average molecular weight is 427 g/mol. The summed E-state index contributed by atoms with van der Waals surface area (Å²) in [6.45, 7) is 5.00.